The molecule has 1 rings (SSSR count). The van der Waals surface area contributed by atoms with E-state index in [1.54, 1.807) is 0 Å². The highest BCUT2D eigenvalue weighted by Gasteiger charge is 2.28. The molecule has 9 heteroatoms. The molecule has 1 heterocycles. The summed E-state index contributed by atoms with van der Waals surface area (Å²) in [7, 11) is 0. The highest BCUT2D eigenvalue weighted by molar-refractivity contribution is 7.99. The zero-order valence-electron chi connectivity index (χ0n) is 7.45. The topological polar surface area (TPSA) is 74.2 Å². The van der Waals surface area contributed by atoms with Crippen LogP contribution in [0, 0.1) is 0 Å². The number of alkyl halides is 3. The Morgan fingerprint density at radius 3 is 2.67 bits per heavy atom. The fraction of sp³-hybridized carbons (Fsp3) is 0.667. The minimum Gasteiger partial charge on any atom is -0.415 e. The van der Waals surface area contributed by atoms with Gasteiger partial charge in [0.2, 0.25) is 5.89 Å². The standard InChI is InChI=1S/C6H8F3N3O2S/c7-6(8,9)13-1-2-15-5-12-11-4(3-10)14-5/h1-3,10H2. The van der Waals surface area contributed by atoms with E-state index in [-0.39, 0.29) is 23.4 Å². The number of halogens is 3. The highest BCUT2D eigenvalue weighted by atomic mass is 32.2. The molecular weight excluding hydrogens is 235 g/mol. The molecule has 0 atom stereocenters. The lowest BCUT2D eigenvalue weighted by molar-refractivity contribution is -0.322. The summed E-state index contributed by atoms with van der Waals surface area (Å²) in [6, 6.07) is 0. The molecule has 15 heavy (non-hydrogen) atoms. The van der Waals surface area contributed by atoms with Crippen molar-refractivity contribution in [3.05, 3.63) is 5.89 Å². The zero-order valence-corrected chi connectivity index (χ0v) is 8.27. The second-order valence-corrected chi connectivity index (χ2v) is 3.35. The SMILES string of the molecule is NCc1nnc(SCCOC(F)(F)F)o1. The number of hydrogen-bond donors (Lipinski definition) is 1. The van der Waals surface area contributed by atoms with E-state index in [2.05, 4.69) is 14.9 Å². The van der Waals surface area contributed by atoms with E-state index >= 15 is 0 Å². The van der Waals surface area contributed by atoms with Gasteiger partial charge < -0.3 is 10.2 Å². The monoisotopic (exact) mass is 243 g/mol. The van der Waals surface area contributed by atoms with Crippen LogP contribution >= 0.6 is 11.8 Å². The van der Waals surface area contributed by atoms with Crippen LogP contribution in [0.25, 0.3) is 0 Å². The Hall–Kier alpha value is -0.800. The lowest BCUT2D eigenvalue weighted by Gasteiger charge is -2.04. The number of thioether (sulfide) groups is 1. The Morgan fingerprint density at radius 2 is 2.13 bits per heavy atom. The fourth-order valence-corrected chi connectivity index (χ4v) is 1.26. The Labute approximate surface area is 87.2 Å². The minimum absolute atomic E-state index is 0.0751. The molecule has 0 aromatic carbocycles. The third-order valence-corrected chi connectivity index (χ3v) is 1.98. The van der Waals surface area contributed by atoms with Gasteiger partial charge in [0.15, 0.2) is 0 Å². The molecule has 0 unspecified atom stereocenters. The molecule has 5 nitrogen and oxygen atoms in total. The van der Waals surface area contributed by atoms with Gasteiger partial charge in [0, 0.05) is 5.75 Å². The molecule has 86 valence electrons. The van der Waals surface area contributed by atoms with E-state index in [1.165, 1.54) is 0 Å². The molecule has 1 aromatic rings. The number of ether oxygens (including phenoxy) is 1. The van der Waals surface area contributed by atoms with E-state index in [0.717, 1.165) is 11.8 Å². The number of hydrogen-bond acceptors (Lipinski definition) is 6. The summed E-state index contributed by atoms with van der Waals surface area (Å²) < 4.78 is 43.1. The predicted molar refractivity (Wildman–Crippen MR) is 44.9 cm³/mol. The van der Waals surface area contributed by atoms with Crippen molar-refractivity contribution in [3.63, 3.8) is 0 Å². The van der Waals surface area contributed by atoms with Gasteiger partial charge in [-0.25, -0.2) is 0 Å². The molecule has 2 N–H and O–H groups in total. The maximum atomic E-state index is 11.5. The summed E-state index contributed by atoms with van der Waals surface area (Å²) in [6.45, 7) is -0.360. The van der Waals surface area contributed by atoms with Gasteiger partial charge in [0.1, 0.15) is 0 Å². The maximum absolute atomic E-state index is 11.5. The van der Waals surface area contributed by atoms with E-state index in [1.807, 2.05) is 0 Å². The quantitative estimate of drug-likeness (QED) is 0.617. The molecule has 1 aromatic heterocycles. The predicted octanol–water partition coefficient (Wildman–Crippen LogP) is 1.16. The molecular formula is C6H8F3N3O2S. The summed E-state index contributed by atoms with van der Waals surface area (Å²) in [6.07, 6.45) is -4.60. The summed E-state index contributed by atoms with van der Waals surface area (Å²) in [4.78, 5) is 0. The first-order valence-corrected chi connectivity index (χ1v) is 4.86. The molecule has 0 spiro atoms. The lowest BCUT2D eigenvalue weighted by atomic mass is 10.7. The van der Waals surface area contributed by atoms with E-state index < -0.39 is 13.0 Å². The number of aromatic nitrogens is 2. The van der Waals surface area contributed by atoms with Gasteiger partial charge in [-0.1, -0.05) is 11.8 Å². The molecule has 0 bridgehead atoms. The average molecular weight is 243 g/mol. The molecule has 0 aliphatic rings. The van der Waals surface area contributed by atoms with Gasteiger partial charge in [-0.3, -0.25) is 4.74 Å². The zero-order chi connectivity index (χ0) is 11.3. The Balaban J connectivity index is 2.20. The number of nitrogens with zero attached hydrogens (tertiary/aromatic N) is 2. The van der Waals surface area contributed by atoms with Crippen molar-refractivity contribution in [3.8, 4) is 0 Å². The van der Waals surface area contributed by atoms with Gasteiger partial charge in [0.25, 0.3) is 5.22 Å². The van der Waals surface area contributed by atoms with Gasteiger partial charge in [0.05, 0.1) is 13.2 Å². The second kappa shape index (κ2) is 5.33. The van der Waals surface area contributed by atoms with Crippen molar-refractivity contribution in [1.29, 1.82) is 0 Å². The normalized spacial score (nSPS) is 12.0. The largest absolute Gasteiger partial charge is 0.522 e. The Bertz CT molecular complexity index is 304. The lowest BCUT2D eigenvalue weighted by Crippen LogP contribution is -2.15. The van der Waals surface area contributed by atoms with Crippen molar-refractivity contribution < 1.29 is 22.3 Å². The van der Waals surface area contributed by atoms with Crippen LogP contribution in [0.4, 0.5) is 13.2 Å². The smallest absolute Gasteiger partial charge is 0.415 e. The summed E-state index contributed by atoms with van der Waals surface area (Å²) in [5.41, 5.74) is 5.20. The summed E-state index contributed by atoms with van der Waals surface area (Å²) in [5.74, 6) is 0.320. The molecule has 0 aliphatic carbocycles. The average Bonchev–Trinajstić information content (AvgIpc) is 2.59. The molecule has 0 fully saturated rings. The number of nitrogens with two attached hydrogens (primary N) is 1. The van der Waals surface area contributed by atoms with Gasteiger partial charge in [-0.15, -0.1) is 23.4 Å². The van der Waals surface area contributed by atoms with Crippen molar-refractivity contribution in [2.24, 2.45) is 5.73 Å². The van der Waals surface area contributed by atoms with E-state index in [4.69, 9.17) is 10.2 Å². The third-order valence-electron chi connectivity index (χ3n) is 1.20. The maximum Gasteiger partial charge on any atom is 0.522 e. The van der Waals surface area contributed by atoms with Crippen LogP contribution in [0.3, 0.4) is 0 Å². The Morgan fingerprint density at radius 1 is 1.40 bits per heavy atom. The molecule has 0 radical (unpaired) electrons. The minimum atomic E-state index is -4.60. The molecule has 0 saturated carbocycles. The molecule has 0 amide bonds. The summed E-state index contributed by atoms with van der Waals surface area (Å²) >= 11 is 0.976. The van der Waals surface area contributed by atoms with Crippen molar-refractivity contribution in [1.82, 2.24) is 10.2 Å². The highest BCUT2D eigenvalue weighted by Crippen LogP contribution is 2.19. The van der Waals surface area contributed by atoms with Crippen molar-refractivity contribution in [2.75, 3.05) is 12.4 Å². The second-order valence-electron chi connectivity index (χ2n) is 2.31. The fourth-order valence-electron chi connectivity index (χ4n) is 0.665. The van der Waals surface area contributed by atoms with Gasteiger partial charge in [-0.2, -0.15) is 0 Å². The van der Waals surface area contributed by atoms with Gasteiger partial charge in [-0.05, 0) is 0 Å². The van der Waals surface area contributed by atoms with Crippen LogP contribution in [0.15, 0.2) is 9.64 Å². The van der Waals surface area contributed by atoms with E-state index in [9.17, 15) is 13.2 Å². The molecule has 0 aliphatic heterocycles. The Kier molecular flexibility index (Phi) is 4.36. The number of rotatable bonds is 5. The van der Waals surface area contributed by atoms with Crippen molar-refractivity contribution >= 4 is 11.8 Å². The third kappa shape index (κ3) is 5.00. The first-order chi connectivity index (χ1) is 7.01. The van der Waals surface area contributed by atoms with E-state index in [0.29, 0.717) is 0 Å². The first kappa shape index (κ1) is 12.3. The summed E-state index contributed by atoms with van der Waals surface area (Å²) in [5, 5.41) is 7.27. The van der Waals surface area contributed by atoms with Crippen LogP contribution in [0.5, 0.6) is 0 Å². The first-order valence-electron chi connectivity index (χ1n) is 3.87. The van der Waals surface area contributed by atoms with Crippen molar-refractivity contribution in [2.45, 2.75) is 18.1 Å². The van der Waals surface area contributed by atoms with Crippen LogP contribution < -0.4 is 5.73 Å². The van der Waals surface area contributed by atoms with Gasteiger partial charge >= 0.3 is 6.36 Å². The molecule has 0 saturated heterocycles. The van der Waals surface area contributed by atoms with Crippen LogP contribution in [-0.4, -0.2) is 28.9 Å². The van der Waals surface area contributed by atoms with Crippen LogP contribution in [0.1, 0.15) is 5.89 Å². The van der Waals surface area contributed by atoms with Crippen LogP contribution in [-0.2, 0) is 11.3 Å². The van der Waals surface area contributed by atoms with Crippen LogP contribution in [0.2, 0.25) is 0 Å².